The lowest BCUT2D eigenvalue weighted by Gasteiger charge is -2.36. The molecule has 16 heavy (non-hydrogen) atoms. The molecule has 0 aliphatic heterocycles. The van der Waals surface area contributed by atoms with E-state index in [2.05, 4.69) is 46.8 Å². The van der Waals surface area contributed by atoms with E-state index in [9.17, 15) is 0 Å². The average Bonchev–Trinajstić information content (AvgIpc) is 2.07. The first kappa shape index (κ1) is 15.9. The largest absolute Gasteiger partial charge is 0.396 e. The predicted molar refractivity (Wildman–Crippen MR) is 70.5 cm³/mol. The van der Waals surface area contributed by atoms with Crippen LogP contribution in [0, 0.1) is 5.41 Å². The lowest BCUT2D eigenvalue weighted by Crippen LogP contribution is -2.49. The standard InChI is InChI=1S/C13H31N2O/c1-13(2,3)12-15(5,6)10-9-14(4)8-7-11-16/h16H,7-12H2,1-6H3/q+1. The van der Waals surface area contributed by atoms with E-state index < -0.39 is 0 Å². The Labute approximate surface area is 102 Å². The highest BCUT2D eigenvalue weighted by Crippen LogP contribution is 2.17. The smallest absolute Gasteiger partial charge is 0.0911 e. The zero-order valence-electron chi connectivity index (χ0n) is 12.1. The van der Waals surface area contributed by atoms with Crippen molar-refractivity contribution in [3.8, 4) is 0 Å². The summed E-state index contributed by atoms with van der Waals surface area (Å²) < 4.78 is 1.06. The van der Waals surface area contributed by atoms with Crippen LogP contribution in [0.15, 0.2) is 0 Å². The molecule has 0 heterocycles. The molecular weight excluding hydrogens is 200 g/mol. The van der Waals surface area contributed by atoms with Crippen molar-refractivity contribution in [2.24, 2.45) is 5.41 Å². The Bertz CT molecular complexity index is 185. The molecule has 0 atom stereocenters. The Morgan fingerprint density at radius 3 is 2.12 bits per heavy atom. The van der Waals surface area contributed by atoms with Gasteiger partial charge >= 0.3 is 0 Å². The normalized spacial score (nSPS) is 13.5. The second-order valence-corrected chi connectivity index (χ2v) is 6.76. The van der Waals surface area contributed by atoms with Gasteiger partial charge in [-0.3, -0.25) is 0 Å². The van der Waals surface area contributed by atoms with E-state index in [1.54, 1.807) is 0 Å². The van der Waals surface area contributed by atoms with Gasteiger partial charge in [0.15, 0.2) is 0 Å². The van der Waals surface area contributed by atoms with E-state index in [4.69, 9.17) is 5.11 Å². The number of hydrogen-bond acceptors (Lipinski definition) is 2. The van der Waals surface area contributed by atoms with E-state index in [1.165, 1.54) is 13.1 Å². The molecule has 3 heteroatoms. The molecule has 0 aromatic carbocycles. The van der Waals surface area contributed by atoms with Gasteiger partial charge in [0.05, 0.1) is 27.2 Å². The maximum atomic E-state index is 8.77. The molecule has 3 nitrogen and oxygen atoms in total. The predicted octanol–water partition coefficient (Wildman–Crippen LogP) is 1.42. The third-order valence-electron chi connectivity index (χ3n) is 2.69. The van der Waals surface area contributed by atoms with Crippen molar-refractivity contribution in [1.29, 1.82) is 0 Å². The SMILES string of the molecule is CN(CCCO)CC[N+](C)(C)CC(C)(C)C. The Kier molecular flexibility index (Phi) is 6.53. The second kappa shape index (κ2) is 6.58. The van der Waals surface area contributed by atoms with Crippen molar-refractivity contribution >= 4 is 0 Å². The minimum Gasteiger partial charge on any atom is -0.396 e. The van der Waals surface area contributed by atoms with Gasteiger partial charge in [-0.2, -0.15) is 0 Å². The van der Waals surface area contributed by atoms with Gasteiger partial charge in [-0.25, -0.2) is 0 Å². The average molecular weight is 231 g/mol. The van der Waals surface area contributed by atoms with Crippen molar-refractivity contribution in [3.63, 3.8) is 0 Å². The first-order chi connectivity index (χ1) is 7.16. The number of nitrogens with zero attached hydrogens (tertiary/aromatic N) is 2. The van der Waals surface area contributed by atoms with Gasteiger partial charge in [0, 0.05) is 25.1 Å². The van der Waals surface area contributed by atoms with Crippen LogP contribution in [0.5, 0.6) is 0 Å². The lowest BCUT2D eigenvalue weighted by atomic mass is 9.95. The molecule has 0 amide bonds. The van der Waals surface area contributed by atoms with Crippen molar-refractivity contribution in [3.05, 3.63) is 0 Å². The Hall–Kier alpha value is -0.120. The Morgan fingerprint density at radius 1 is 1.12 bits per heavy atom. The molecule has 0 saturated carbocycles. The fraction of sp³-hybridized carbons (Fsp3) is 1.00. The van der Waals surface area contributed by atoms with Gasteiger partial charge in [-0.1, -0.05) is 20.8 Å². The molecule has 0 fully saturated rings. The molecule has 1 N–H and O–H groups in total. The lowest BCUT2D eigenvalue weighted by molar-refractivity contribution is -0.895. The molecular formula is C13H31N2O+. The fourth-order valence-electron chi connectivity index (χ4n) is 2.26. The summed E-state index contributed by atoms with van der Waals surface area (Å²) in [5.74, 6) is 0. The summed E-state index contributed by atoms with van der Waals surface area (Å²) in [6.45, 7) is 11.6. The monoisotopic (exact) mass is 231 g/mol. The molecule has 0 spiro atoms. The second-order valence-electron chi connectivity index (χ2n) is 6.76. The van der Waals surface area contributed by atoms with Gasteiger partial charge in [0.2, 0.25) is 0 Å². The molecule has 0 radical (unpaired) electrons. The van der Waals surface area contributed by atoms with Gasteiger partial charge in [0.25, 0.3) is 0 Å². The van der Waals surface area contributed by atoms with Crippen LogP contribution in [0.2, 0.25) is 0 Å². The number of hydrogen-bond donors (Lipinski definition) is 1. The third-order valence-corrected chi connectivity index (χ3v) is 2.69. The van der Waals surface area contributed by atoms with Crippen LogP contribution in [-0.4, -0.2) is 68.4 Å². The minimum atomic E-state index is 0.296. The molecule has 0 aromatic heterocycles. The molecule has 0 unspecified atom stereocenters. The van der Waals surface area contributed by atoms with E-state index in [-0.39, 0.29) is 0 Å². The summed E-state index contributed by atoms with van der Waals surface area (Å²) in [5.41, 5.74) is 0.382. The zero-order valence-corrected chi connectivity index (χ0v) is 12.1. The molecule has 0 bridgehead atoms. The molecule has 0 aliphatic carbocycles. The first-order valence-corrected chi connectivity index (χ1v) is 6.28. The van der Waals surface area contributed by atoms with Crippen LogP contribution in [-0.2, 0) is 0 Å². The third kappa shape index (κ3) is 9.13. The number of aliphatic hydroxyl groups excluding tert-OH is 1. The van der Waals surface area contributed by atoms with Crippen LogP contribution >= 0.6 is 0 Å². The highest BCUT2D eigenvalue weighted by molar-refractivity contribution is 4.60. The van der Waals surface area contributed by atoms with Crippen LogP contribution in [0.25, 0.3) is 0 Å². The number of rotatable bonds is 7. The Balaban J connectivity index is 3.89. The van der Waals surface area contributed by atoms with Crippen LogP contribution in [0.3, 0.4) is 0 Å². The van der Waals surface area contributed by atoms with E-state index in [1.807, 2.05) is 0 Å². The summed E-state index contributed by atoms with van der Waals surface area (Å²) in [6, 6.07) is 0. The molecule has 0 rings (SSSR count). The highest BCUT2D eigenvalue weighted by Gasteiger charge is 2.24. The van der Waals surface area contributed by atoms with E-state index in [0.717, 1.165) is 24.0 Å². The highest BCUT2D eigenvalue weighted by atomic mass is 16.3. The number of quaternary nitrogens is 1. The van der Waals surface area contributed by atoms with Gasteiger partial charge in [-0.15, -0.1) is 0 Å². The van der Waals surface area contributed by atoms with Crippen molar-refractivity contribution < 1.29 is 9.59 Å². The summed E-state index contributed by atoms with van der Waals surface area (Å²) in [5, 5.41) is 8.77. The summed E-state index contributed by atoms with van der Waals surface area (Å²) in [7, 11) is 6.73. The van der Waals surface area contributed by atoms with E-state index in [0.29, 0.717) is 12.0 Å². The van der Waals surface area contributed by atoms with Gasteiger partial charge in [-0.05, 0) is 13.5 Å². The van der Waals surface area contributed by atoms with Crippen molar-refractivity contribution in [2.75, 3.05) is 53.9 Å². The van der Waals surface area contributed by atoms with Crippen LogP contribution in [0.1, 0.15) is 27.2 Å². The summed E-state index contributed by atoms with van der Waals surface area (Å²) in [6.07, 6.45) is 0.878. The molecule has 0 aliphatic rings. The summed E-state index contributed by atoms with van der Waals surface area (Å²) in [4.78, 5) is 2.30. The Morgan fingerprint density at radius 2 is 1.69 bits per heavy atom. The molecule has 0 saturated heterocycles. The summed E-state index contributed by atoms with van der Waals surface area (Å²) >= 11 is 0. The fourth-order valence-corrected chi connectivity index (χ4v) is 2.26. The van der Waals surface area contributed by atoms with Crippen LogP contribution < -0.4 is 0 Å². The van der Waals surface area contributed by atoms with Crippen molar-refractivity contribution in [2.45, 2.75) is 27.2 Å². The van der Waals surface area contributed by atoms with Gasteiger partial charge in [0.1, 0.15) is 0 Å². The molecule has 98 valence electrons. The van der Waals surface area contributed by atoms with E-state index >= 15 is 0 Å². The quantitative estimate of drug-likeness (QED) is 0.670. The van der Waals surface area contributed by atoms with Crippen molar-refractivity contribution in [1.82, 2.24) is 4.90 Å². The maximum absolute atomic E-state index is 8.77. The zero-order chi connectivity index (χ0) is 12.8. The number of aliphatic hydroxyl groups is 1. The van der Waals surface area contributed by atoms with Crippen LogP contribution in [0.4, 0.5) is 0 Å². The number of likely N-dealkylation sites (N-methyl/N-ethyl adjacent to an activating group) is 2. The maximum Gasteiger partial charge on any atom is 0.0911 e. The first-order valence-electron chi connectivity index (χ1n) is 6.28. The van der Waals surface area contributed by atoms with Gasteiger partial charge < -0.3 is 14.5 Å². The molecule has 0 aromatic rings. The topological polar surface area (TPSA) is 23.5 Å². The minimum absolute atomic E-state index is 0.296.